The van der Waals surface area contributed by atoms with E-state index in [-0.39, 0.29) is 11.8 Å². The number of anilines is 2. The van der Waals surface area contributed by atoms with Crippen molar-refractivity contribution in [2.24, 2.45) is 0 Å². The lowest BCUT2D eigenvalue weighted by Crippen LogP contribution is -2.60. The number of amides is 2. The number of methoxy groups -OCH3 is 1. The fourth-order valence-corrected chi connectivity index (χ4v) is 3.10. The second-order valence-corrected chi connectivity index (χ2v) is 6.94. The lowest BCUT2D eigenvalue weighted by atomic mass is 9.95. The van der Waals surface area contributed by atoms with E-state index in [1.54, 1.807) is 57.2 Å². The highest BCUT2D eigenvalue weighted by atomic mass is 16.5. The molecule has 0 unspecified atom stereocenters. The van der Waals surface area contributed by atoms with Crippen LogP contribution in [0.4, 0.5) is 11.4 Å². The van der Waals surface area contributed by atoms with E-state index in [2.05, 4.69) is 5.32 Å². The number of fused-ring (bicyclic) bond motifs is 1. The first-order valence-electron chi connectivity index (χ1n) is 8.79. The molecule has 1 aliphatic rings. The van der Waals surface area contributed by atoms with Crippen LogP contribution in [0.2, 0.25) is 0 Å². The Morgan fingerprint density at radius 1 is 1.21 bits per heavy atom. The van der Waals surface area contributed by atoms with Crippen molar-refractivity contribution in [3.63, 3.8) is 0 Å². The van der Waals surface area contributed by atoms with Crippen LogP contribution >= 0.6 is 0 Å². The standard InChI is InChI=1S/C21H21N3O4/c1-13(28-17-10-9-14(12-22)11-18(17)27-4)19(25)24-16-8-6-5-7-15(16)23-20(26)21(24,2)3/h5-11,13H,1-4H3,(H,23,26)/t13-/m0/s1. The van der Waals surface area contributed by atoms with Gasteiger partial charge in [0.1, 0.15) is 5.54 Å². The van der Waals surface area contributed by atoms with Gasteiger partial charge in [0.15, 0.2) is 17.6 Å². The number of hydrogen-bond acceptors (Lipinski definition) is 5. The highest BCUT2D eigenvalue weighted by Crippen LogP contribution is 2.37. The highest BCUT2D eigenvalue weighted by Gasteiger charge is 2.45. The van der Waals surface area contributed by atoms with Gasteiger partial charge in [0, 0.05) is 6.07 Å². The highest BCUT2D eigenvalue weighted by molar-refractivity contribution is 6.14. The lowest BCUT2D eigenvalue weighted by Gasteiger charge is -2.42. The molecule has 144 valence electrons. The monoisotopic (exact) mass is 379 g/mol. The zero-order chi connectivity index (χ0) is 20.5. The summed E-state index contributed by atoms with van der Waals surface area (Å²) in [6.45, 7) is 4.99. The molecular formula is C21H21N3O4. The number of para-hydroxylation sites is 2. The molecule has 0 radical (unpaired) electrons. The molecule has 1 N–H and O–H groups in total. The van der Waals surface area contributed by atoms with Crippen LogP contribution in [-0.4, -0.2) is 30.6 Å². The van der Waals surface area contributed by atoms with Crippen molar-refractivity contribution in [3.8, 4) is 17.6 Å². The summed E-state index contributed by atoms with van der Waals surface area (Å²) < 4.78 is 11.1. The number of carbonyl (C=O) groups is 2. The average molecular weight is 379 g/mol. The largest absolute Gasteiger partial charge is 0.493 e. The average Bonchev–Trinajstić information content (AvgIpc) is 2.68. The predicted octanol–water partition coefficient (Wildman–Crippen LogP) is 3.10. The summed E-state index contributed by atoms with van der Waals surface area (Å²) >= 11 is 0. The molecule has 1 heterocycles. The van der Waals surface area contributed by atoms with Gasteiger partial charge in [-0.15, -0.1) is 0 Å². The van der Waals surface area contributed by atoms with Crippen molar-refractivity contribution in [1.82, 2.24) is 0 Å². The summed E-state index contributed by atoms with van der Waals surface area (Å²) in [4.78, 5) is 27.3. The van der Waals surface area contributed by atoms with E-state index in [1.165, 1.54) is 12.0 Å². The van der Waals surface area contributed by atoms with Crippen LogP contribution in [0.25, 0.3) is 0 Å². The molecule has 3 rings (SSSR count). The minimum atomic E-state index is -1.09. The van der Waals surface area contributed by atoms with Crippen molar-refractivity contribution in [2.75, 3.05) is 17.3 Å². The van der Waals surface area contributed by atoms with Crippen LogP contribution in [0.15, 0.2) is 42.5 Å². The van der Waals surface area contributed by atoms with Crippen LogP contribution < -0.4 is 19.7 Å². The van der Waals surface area contributed by atoms with E-state index in [1.807, 2.05) is 12.1 Å². The van der Waals surface area contributed by atoms with Gasteiger partial charge >= 0.3 is 0 Å². The van der Waals surface area contributed by atoms with Crippen LogP contribution in [0.1, 0.15) is 26.3 Å². The minimum absolute atomic E-state index is 0.275. The van der Waals surface area contributed by atoms with Gasteiger partial charge in [-0.3, -0.25) is 14.5 Å². The predicted molar refractivity (Wildman–Crippen MR) is 104 cm³/mol. The number of benzene rings is 2. The van der Waals surface area contributed by atoms with Crippen LogP contribution in [0.3, 0.4) is 0 Å². The van der Waals surface area contributed by atoms with Crippen molar-refractivity contribution in [2.45, 2.75) is 32.4 Å². The number of nitriles is 1. The number of hydrogen-bond donors (Lipinski definition) is 1. The molecule has 0 saturated carbocycles. The third-order valence-corrected chi connectivity index (χ3v) is 4.67. The first-order valence-corrected chi connectivity index (χ1v) is 8.79. The number of nitrogens with zero attached hydrogens (tertiary/aromatic N) is 2. The summed E-state index contributed by atoms with van der Waals surface area (Å²) in [6, 6.07) is 13.9. The van der Waals surface area contributed by atoms with E-state index < -0.39 is 11.6 Å². The van der Waals surface area contributed by atoms with Gasteiger partial charge < -0.3 is 14.8 Å². The quantitative estimate of drug-likeness (QED) is 0.881. The Balaban J connectivity index is 1.93. The first kappa shape index (κ1) is 19.2. The molecule has 1 aliphatic heterocycles. The Kier molecular flexibility index (Phi) is 4.97. The molecule has 2 amide bonds. The van der Waals surface area contributed by atoms with Gasteiger partial charge in [-0.1, -0.05) is 12.1 Å². The molecule has 0 bridgehead atoms. The Hall–Kier alpha value is -3.53. The van der Waals surface area contributed by atoms with E-state index >= 15 is 0 Å². The third-order valence-electron chi connectivity index (χ3n) is 4.67. The summed E-state index contributed by atoms with van der Waals surface area (Å²) in [7, 11) is 1.46. The van der Waals surface area contributed by atoms with Crippen molar-refractivity contribution in [1.29, 1.82) is 5.26 Å². The van der Waals surface area contributed by atoms with Gasteiger partial charge in [0.2, 0.25) is 5.91 Å². The maximum absolute atomic E-state index is 13.3. The molecule has 0 saturated heterocycles. The van der Waals surface area contributed by atoms with Gasteiger partial charge in [-0.2, -0.15) is 5.26 Å². The molecule has 0 aliphatic carbocycles. The molecule has 7 heteroatoms. The Morgan fingerprint density at radius 3 is 2.61 bits per heavy atom. The summed E-state index contributed by atoms with van der Waals surface area (Å²) in [5, 5.41) is 11.8. The second kappa shape index (κ2) is 7.24. The number of ether oxygens (including phenoxy) is 2. The van der Waals surface area contributed by atoms with Gasteiger partial charge in [0.25, 0.3) is 5.91 Å². The number of rotatable bonds is 4. The van der Waals surface area contributed by atoms with Gasteiger partial charge in [0.05, 0.1) is 30.1 Å². The van der Waals surface area contributed by atoms with Gasteiger partial charge in [-0.25, -0.2) is 0 Å². The summed E-state index contributed by atoms with van der Waals surface area (Å²) in [6.07, 6.45) is -0.889. The third kappa shape index (κ3) is 3.25. The molecule has 2 aromatic rings. The Morgan fingerprint density at radius 2 is 1.93 bits per heavy atom. The molecule has 1 atom stereocenters. The van der Waals surface area contributed by atoms with Crippen molar-refractivity contribution < 1.29 is 19.1 Å². The zero-order valence-electron chi connectivity index (χ0n) is 16.1. The van der Waals surface area contributed by atoms with Crippen molar-refractivity contribution in [3.05, 3.63) is 48.0 Å². The minimum Gasteiger partial charge on any atom is -0.493 e. The molecule has 0 fully saturated rings. The normalized spacial score (nSPS) is 15.7. The maximum atomic E-state index is 13.3. The number of nitrogens with one attached hydrogen (secondary N) is 1. The fourth-order valence-electron chi connectivity index (χ4n) is 3.10. The smallest absolute Gasteiger partial charge is 0.268 e. The Bertz CT molecular complexity index is 978. The molecule has 2 aromatic carbocycles. The Labute approximate surface area is 163 Å². The molecule has 7 nitrogen and oxygen atoms in total. The van der Waals surface area contributed by atoms with Crippen LogP contribution in [0, 0.1) is 11.3 Å². The second-order valence-electron chi connectivity index (χ2n) is 6.94. The van der Waals surface area contributed by atoms with E-state index in [4.69, 9.17) is 14.7 Å². The summed E-state index contributed by atoms with van der Waals surface area (Å²) in [5.74, 6) is 0.0612. The molecule has 0 aromatic heterocycles. The topological polar surface area (TPSA) is 91.7 Å². The van der Waals surface area contributed by atoms with E-state index in [0.717, 1.165) is 0 Å². The first-order chi connectivity index (χ1) is 13.3. The summed E-state index contributed by atoms with van der Waals surface area (Å²) in [5.41, 5.74) is 0.520. The van der Waals surface area contributed by atoms with E-state index in [0.29, 0.717) is 28.4 Å². The van der Waals surface area contributed by atoms with E-state index in [9.17, 15) is 9.59 Å². The lowest BCUT2D eigenvalue weighted by molar-refractivity contribution is -0.130. The maximum Gasteiger partial charge on any atom is 0.268 e. The van der Waals surface area contributed by atoms with Crippen LogP contribution in [-0.2, 0) is 9.59 Å². The number of carbonyl (C=O) groups excluding carboxylic acids is 2. The zero-order valence-corrected chi connectivity index (χ0v) is 16.1. The van der Waals surface area contributed by atoms with Gasteiger partial charge in [-0.05, 0) is 45.0 Å². The molecular weight excluding hydrogens is 358 g/mol. The van der Waals surface area contributed by atoms with Crippen molar-refractivity contribution >= 4 is 23.2 Å². The van der Waals surface area contributed by atoms with Crippen LogP contribution in [0.5, 0.6) is 11.5 Å². The molecule has 28 heavy (non-hydrogen) atoms. The fraction of sp³-hybridized carbons (Fsp3) is 0.286. The SMILES string of the molecule is COc1cc(C#N)ccc1O[C@@H](C)C(=O)N1c2ccccc2NC(=O)C1(C)C. The molecule has 0 spiro atoms.